The van der Waals surface area contributed by atoms with Gasteiger partial charge in [0.2, 0.25) is 0 Å². The Kier molecular flexibility index (Phi) is 4.22. The van der Waals surface area contributed by atoms with E-state index in [1.54, 1.807) is 0 Å². The predicted octanol–water partition coefficient (Wildman–Crippen LogP) is 2.63. The number of rotatable bonds is 6. The van der Waals surface area contributed by atoms with Gasteiger partial charge in [-0.3, -0.25) is 0 Å². The summed E-state index contributed by atoms with van der Waals surface area (Å²) in [5, 5.41) is 0. The predicted molar refractivity (Wildman–Crippen MR) is 77.8 cm³/mol. The summed E-state index contributed by atoms with van der Waals surface area (Å²) in [6, 6.07) is 6.18. The van der Waals surface area contributed by atoms with E-state index in [4.69, 9.17) is 10.2 Å². The maximum Gasteiger partial charge on any atom is 0.181 e. The van der Waals surface area contributed by atoms with E-state index >= 15 is 0 Å². The molecule has 2 aromatic rings. The van der Waals surface area contributed by atoms with Crippen molar-refractivity contribution < 1.29 is 4.42 Å². The van der Waals surface area contributed by atoms with E-state index in [0.29, 0.717) is 0 Å². The first-order valence-electron chi connectivity index (χ1n) is 6.71. The molecule has 1 aromatic carbocycles. The lowest BCUT2D eigenvalue weighted by molar-refractivity contribution is 0.195. The van der Waals surface area contributed by atoms with Crippen LogP contribution in [0.4, 0.5) is 0 Å². The van der Waals surface area contributed by atoms with Gasteiger partial charge in [0.05, 0.1) is 0 Å². The summed E-state index contributed by atoms with van der Waals surface area (Å²) in [5.41, 5.74) is 8.92. The first-order valence-corrected chi connectivity index (χ1v) is 6.71. The minimum absolute atomic E-state index is 0.250. The van der Waals surface area contributed by atoms with E-state index in [-0.39, 0.29) is 5.41 Å². The molecule has 0 radical (unpaired) electrons. The molecular weight excluding hydrogens is 238 g/mol. The number of benzene rings is 1. The number of oxazole rings is 1. The van der Waals surface area contributed by atoms with Crippen molar-refractivity contribution in [3.05, 3.63) is 30.2 Å². The Morgan fingerprint density at radius 1 is 1.37 bits per heavy atom. The van der Waals surface area contributed by atoms with Crippen molar-refractivity contribution in [1.29, 1.82) is 0 Å². The molecule has 0 bridgehead atoms. The van der Waals surface area contributed by atoms with Gasteiger partial charge in [-0.1, -0.05) is 19.9 Å². The molecule has 0 aliphatic carbocycles. The highest BCUT2D eigenvalue weighted by molar-refractivity contribution is 5.72. The lowest BCUT2D eigenvalue weighted by atomic mass is 9.89. The molecule has 2 N–H and O–H groups in total. The van der Waals surface area contributed by atoms with Gasteiger partial charge in [-0.05, 0) is 43.1 Å². The smallest absolute Gasteiger partial charge is 0.181 e. The van der Waals surface area contributed by atoms with E-state index < -0.39 is 0 Å². The molecule has 1 aromatic heterocycles. The summed E-state index contributed by atoms with van der Waals surface area (Å²) < 4.78 is 5.33. The molecule has 4 nitrogen and oxygen atoms in total. The number of fused-ring (bicyclic) bond motifs is 1. The van der Waals surface area contributed by atoms with Crippen LogP contribution in [0, 0.1) is 5.41 Å². The lowest BCUT2D eigenvalue weighted by Crippen LogP contribution is -2.32. The van der Waals surface area contributed by atoms with Crippen molar-refractivity contribution in [2.75, 3.05) is 20.1 Å². The SMILES string of the molecule is CN(Cc1ccc2ncoc2c1)CC(C)(C)CCN. The second-order valence-corrected chi connectivity index (χ2v) is 6.03. The number of hydrogen-bond donors (Lipinski definition) is 1. The molecule has 0 aliphatic rings. The summed E-state index contributed by atoms with van der Waals surface area (Å²) in [4.78, 5) is 6.46. The average Bonchev–Trinajstić information content (AvgIpc) is 2.74. The van der Waals surface area contributed by atoms with Gasteiger partial charge in [0.15, 0.2) is 12.0 Å². The molecule has 0 aliphatic heterocycles. The zero-order valence-electron chi connectivity index (χ0n) is 12.0. The molecule has 0 atom stereocenters. The maximum absolute atomic E-state index is 5.66. The summed E-state index contributed by atoms with van der Waals surface area (Å²) in [6.07, 6.45) is 2.53. The summed E-state index contributed by atoms with van der Waals surface area (Å²) in [6.45, 7) is 7.19. The molecule has 0 fully saturated rings. The second kappa shape index (κ2) is 5.72. The van der Waals surface area contributed by atoms with Crippen molar-refractivity contribution in [2.24, 2.45) is 11.1 Å². The minimum atomic E-state index is 0.250. The van der Waals surface area contributed by atoms with E-state index in [0.717, 1.165) is 37.2 Å². The van der Waals surface area contributed by atoms with Gasteiger partial charge in [-0.15, -0.1) is 0 Å². The first-order chi connectivity index (χ1) is 9.00. The van der Waals surface area contributed by atoms with E-state index in [1.807, 2.05) is 6.07 Å². The van der Waals surface area contributed by atoms with Crippen LogP contribution in [-0.2, 0) is 6.54 Å². The molecule has 19 heavy (non-hydrogen) atoms. The molecule has 1 heterocycles. The Balaban J connectivity index is 1.99. The zero-order valence-corrected chi connectivity index (χ0v) is 12.0. The highest BCUT2D eigenvalue weighted by atomic mass is 16.3. The molecule has 0 saturated heterocycles. The van der Waals surface area contributed by atoms with Crippen molar-refractivity contribution in [2.45, 2.75) is 26.8 Å². The molecule has 0 amide bonds. The van der Waals surface area contributed by atoms with Crippen LogP contribution in [0.5, 0.6) is 0 Å². The van der Waals surface area contributed by atoms with Crippen LogP contribution in [0.15, 0.2) is 29.0 Å². The molecule has 0 spiro atoms. The Morgan fingerprint density at radius 3 is 2.89 bits per heavy atom. The molecule has 0 unspecified atom stereocenters. The number of aromatic nitrogens is 1. The van der Waals surface area contributed by atoms with E-state index in [9.17, 15) is 0 Å². The van der Waals surface area contributed by atoms with Gasteiger partial charge in [-0.25, -0.2) is 4.98 Å². The third-order valence-corrected chi connectivity index (χ3v) is 3.37. The summed E-state index contributed by atoms with van der Waals surface area (Å²) in [5.74, 6) is 0. The van der Waals surface area contributed by atoms with E-state index in [1.165, 1.54) is 12.0 Å². The van der Waals surface area contributed by atoms with Gasteiger partial charge in [0.1, 0.15) is 5.52 Å². The second-order valence-electron chi connectivity index (χ2n) is 6.03. The fourth-order valence-corrected chi connectivity index (χ4v) is 2.57. The Morgan fingerprint density at radius 2 is 2.16 bits per heavy atom. The van der Waals surface area contributed by atoms with Crippen LogP contribution in [-0.4, -0.2) is 30.0 Å². The van der Waals surface area contributed by atoms with Gasteiger partial charge in [0, 0.05) is 13.1 Å². The summed E-state index contributed by atoms with van der Waals surface area (Å²) >= 11 is 0. The van der Waals surface area contributed by atoms with Crippen molar-refractivity contribution in [1.82, 2.24) is 9.88 Å². The fraction of sp³-hybridized carbons (Fsp3) is 0.533. The van der Waals surface area contributed by atoms with Crippen LogP contribution in [0.25, 0.3) is 11.1 Å². The van der Waals surface area contributed by atoms with Crippen molar-refractivity contribution >= 4 is 11.1 Å². The Bertz CT molecular complexity index is 533. The molecular formula is C15H23N3O. The van der Waals surface area contributed by atoms with Crippen LogP contribution in [0.3, 0.4) is 0 Å². The lowest BCUT2D eigenvalue weighted by Gasteiger charge is -2.30. The zero-order chi connectivity index (χ0) is 13.9. The van der Waals surface area contributed by atoms with Gasteiger partial charge >= 0.3 is 0 Å². The number of hydrogen-bond acceptors (Lipinski definition) is 4. The van der Waals surface area contributed by atoms with Crippen molar-refractivity contribution in [3.8, 4) is 0 Å². The molecule has 4 heteroatoms. The van der Waals surface area contributed by atoms with Crippen LogP contribution >= 0.6 is 0 Å². The van der Waals surface area contributed by atoms with E-state index in [2.05, 4.69) is 42.9 Å². The third kappa shape index (κ3) is 3.78. The maximum atomic E-state index is 5.66. The topological polar surface area (TPSA) is 55.3 Å². The molecule has 0 saturated carbocycles. The highest BCUT2D eigenvalue weighted by Gasteiger charge is 2.19. The molecule has 104 valence electrons. The summed E-state index contributed by atoms with van der Waals surface area (Å²) in [7, 11) is 2.14. The number of nitrogens with two attached hydrogens (primary N) is 1. The van der Waals surface area contributed by atoms with Crippen molar-refractivity contribution in [3.63, 3.8) is 0 Å². The minimum Gasteiger partial charge on any atom is -0.443 e. The van der Waals surface area contributed by atoms with Crippen LogP contribution in [0.2, 0.25) is 0 Å². The normalized spacial score (nSPS) is 12.5. The largest absolute Gasteiger partial charge is 0.443 e. The third-order valence-electron chi connectivity index (χ3n) is 3.37. The highest BCUT2D eigenvalue weighted by Crippen LogP contribution is 2.22. The molecule has 2 rings (SSSR count). The monoisotopic (exact) mass is 261 g/mol. The van der Waals surface area contributed by atoms with Gasteiger partial charge in [-0.2, -0.15) is 0 Å². The Hall–Kier alpha value is -1.39. The van der Waals surface area contributed by atoms with Gasteiger partial charge in [0.25, 0.3) is 0 Å². The average molecular weight is 261 g/mol. The standard InChI is InChI=1S/C15H23N3O/c1-15(2,6-7-16)10-18(3)9-12-4-5-13-14(8-12)19-11-17-13/h4-5,8,11H,6-7,9-10,16H2,1-3H3. The fourth-order valence-electron chi connectivity index (χ4n) is 2.57. The first kappa shape index (κ1) is 14.0. The van der Waals surface area contributed by atoms with Gasteiger partial charge < -0.3 is 15.1 Å². The van der Waals surface area contributed by atoms with Crippen LogP contribution in [0.1, 0.15) is 25.8 Å². The quantitative estimate of drug-likeness (QED) is 0.868. The Labute approximate surface area is 114 Å². The number of nitrogens with zero attached hydrogens (tertiary/aromatic N) is 2. The van der Waals surface area contributed by atoms with Crippen LogP contribution < -0.4 is 5.73 Å².